The molecule has 0 unspecified atom stereocenters. The lowest BCUT2D eigenvalue weighted by Gasteiger charge is -2.36. The van der Waals surface area contributed by atoms with Gasteiger partial charge in [0.2, 0.25) is 0 Å². The smallest absolute Gasteiger partial charge is 0.146 e. The Kier molecular flexibility index (Phi) is 2.86. The Bertz CT molecular complexity index is 354. The fourth-order valence-corrected chi connectivity index (χ4v) is 1.90. The number of hydrogen-bond donors (Lipinski definition) is 1. The van der Waals surface area contributed by atoms with E-state index < -0.39 is 5.82 Å². The van der Waals surface area contributed by atoms with Crippen LogP contribution in [-0.2, 0) is 0 Å². The molecule has 0 saturated carbocycles. The molecule has 2 rings (SSSR count). The molecule has 1 saturated heterocycles. The molecule has 82 valence electrons. The fourth-order valence-electron chi connectivity index (χ4n) is 1.90. The number of piperazine rings is 1. The first-order valence-electron chi connectivity index (χ1n) is 5.11. The van der Waals surface area contributed by atoms with Crippen molar-refractivity contribution in [2.45, 2.75) is 13.0 Å². The van der Waals surface area contributed by atoms with Gasteiger partial charge in [0.25, 0.3) is 0 Å². The molecule has 0 radical (unpaired) electrons. The molecule has 1 aromatic rings. The first kappa shape index (κ1) is 10.4. The standard InChI is InChI=1S/C11H14F2N2/c1-8-7-14-4-5-15(8)11-6-9(12)2-3-10(11)13/h2-3,6,8,14H,4-5,7H2,1H3/t8-/m0/s1. The number of nitrogens with zero attached hydrogens (tertiary/aromatic N) is 1. The summed E-state index contributed by atoms with van der Waals surface area (Å²) >= 11 is 0. The summed E-state index contributed by atoms with van der Waals surface area (Å²) in [6.45, 7) is 4.31. The highest BCUT2D eigenvalue weighted by Crippen LogP contribution is 2.23. The number of rotatable bonds is 1. The van der Waals surface area contributed by atoms with Crippen molar-refractivity contribution in [3.63, 3.8) is 0 Å². The van der Waals surface area contributed by atoms with E-state index in [0.717, 1.165) is 19.2 Å². The van der Waals surface area contributed by atoms with Crippen LogP contribution in [0.2, 0.25) is 0 Å². The third-order valence-corrected chi connectivity index (χ3v) is 2.72. The number of halogens is 2. The van der Waals surface area contributed by atoms with Crippen LogP contribution in [0.1, 0.15) is 6.92 Å². The van der Waals surface area contributed by atoms with Crippen LogP contribution in [0, 0.1) is 11.6 Å². The highest BCUT2D eigenvalue weighted by atomic mass is 19.1. The molecule has 0 aliphatic carbocycles. The molecule has 1 atom stereocenters. The molecule has 0 aromatic heterocycles. The molecule has 1 heterocycles. The predicted molar refractivity (Wildman–Crippen MR) is 56.0 cm³/mol. The molecule has 1 aliphatic heterocycles. The van der Waals surface area contributed by atoms with Crippen LogP contribution >= 0.6 is 0 Å². The minimum Gasteiger partial charge on any atom is -0.364 e. The molecule has 4 heteroatoms. The normalized spacial score (nSPS) is 21.8. The second-order valence-corrected chi connectivity index (χ2v) is 3.84. The van der Waals surface area contributed by atoms with Crippen molar-refractivity contribution in [1.82, 2.24) is 5.32 Å². The molecule has 15 heavy (non-hydrogen) atoms. The summed E-state index contributed by atoms with van der Waals surface area (Å²) in [5.41, 5.74) is 0.365. The van der Waals surface area contributed by atoms with Gasteiger partial charge in [-0.25, -0.2) is 8.78 Å². The monoisotopic (exact) mass is 212 g/mol. The van der Waals surface area contributed by atoms with Gasteiger partial charge >= 0.3 is 0 Å². The van der Waals surface area contributed by atoms with Crippen molar-refractivity contribution in [2.24, 2.45) is 0 Å². The lowest BCUT2D eigenvalue weighted by molar-refractivity contribution is 0.488. The van der Waals surface area contributed by atoms with Gasteiger partial charge in [-0.1, -0.05) is 0 Å². The van der Waals surface area contributed by atoms with Crippen LogP contribution in [0.5, 0.6) is 0 Å². The average molecular weight is 212 g/mol. The number of benzene rings is 1. The van der Waals surface area contributed by atoms with Crippen LogP contribution in [0.15, 0.2) is 18.2 Å². The third kappa shape index (κ3) is 2.09. The minimum absolute atomic E-state index is 0.190. The van der Waals surface area contributed by atoms with Crippen molar-refractivity contribution in [3.8, 4) is 0 Å². The van der Waals surface area contributed by atoms with Gasteiger partial charge in [0.1, 0.15) is 11.6 Å². The van der Waals surface area contributed by atoms with E-state index in [1.54, 1.807) is 0 Å². The molecule has 0 amide bonds. The third-order valence-electron chi connectivity index (χ3n) is 2.72. The molecule has 1 N–H and O–H groups in total. The van der Waals surface area contributed by atoms with Gasteiger partial charge in [0, 0.05) is 31.7 Å². The van der Waals surface area contributed by atoms with Gasteiger partial charge in [-0.05, 0) is 19.1 Å². The Hall–Kier alpha value is -1.16. The fraction of sp³-hybridized carbons (Fsp3) is 0.455. The molecule has 0 bridgehead atoms. The zero-order valence-electron chi connectivity index (χ0n) is 8.63. The van der Waals surface area contributed by atoms with Gasteiger partial charge < -0.3 is 10.2 Å². The van der Waals surface area contributed by atoms with Crippen molar-refractivity contribution < 1.29 is 8.78 Å². The zero-order valence-corrected chi connectivity index (χ0v) is 8.63. The first-order valence-corrected chi connectivity index (χ1v) is 5.11. The van der Waals surface area contributed by atoms with Gasteiger partial charge in [-0.15, -0.1) is 0 Å². The molecule has 1 aliphatic rings. The van der Waals surface area contributed by atoms with E-state index in [9.17, 15) is 8.78 Å². The van der Waals surface area contributed by atoms with Crippen LogP contribution in [0.4, 0.5) is 14.5 Å². The molecular weight excluding hydrogens is 198 g/mol. The topological polar surface area (TPSA) is 15.3 Å². The Morgan fingerprint density at radius 1 is 1.40 bits per heavy atom. The van der Waals surface area contributed by atoms with E-state index in [1.807, 2.05) is 11.8 Å². The molecule has 1 aromatic carbocycles. The Morgan fingerprint density at radius 3 is 2.93 bits per heavy atom. The molecule has 2 nitrogen and oxygen atoms in total. The van der Waals surface area contributed by atoms with Crippen molar-refractivity contribution in [2.75, 3.05) is 24.5 Å². The maximum atomic E-state index is 13.5. The van der Waals surface area contributed by atoms with E-state index >= 15 is 0 Å². The Morgan fingerprint density at radius 2 is 2.20 bits per heavy atom. The number of anilines is 1. The Balaban J connectivity index is 2.30. The summed E-state index contributed by atoms with van der Waals surface area (Å²) in [7, 11) is 0. The van der Waals surface area contributed by atoms with E-state index in [-0.39, 0.29) is 11.9 Å². The second kappa shape index (κ2) is 4.14. The van der Waals surface area contributed by atoms with Crippen molar-refractivity contribution in [1.29, 1.82) is 0 Å². The van der Waals surface area contributed by atoms with E-state index in [0.29, 0.717) is 12.2 Å². The number of hydrogen-bond acceptors (Lipinski definition) is 2. The van der Waals surface area contributed by atoms with Crippen LogP contribution in [0.3, 0.4) is 0 Å². The second-order valence-electron chi connectivity index (χ2n) is 3.84. The lowest BCUT2D eigenvalue weighted by atomic mass is 10.1. The zero-order chi connectivity index (χ0) is 10.8. The highest BCUT2D eigenvalue weighted by molar-refractivity contribution is 5.49. The summed E-state index contributed by atoms with van der Waals surface area (Å²) in [6.07, 6.45) is 0. The largest absolute Gasteiger partial charge is 0.364 e. The Labute approximate surface area is 87.9 Å². The van der Waals surface area contributed by atoms with Crippen molar-refractivity contribution in [3.05, 3.63) is 29.8 Å². The summed E-state index contributed by atoms with van der Waals surface area (Å²) in [5.74, 6) is -0.748. The van der Waals surface area contributed by atoms with Crippen LogP contribution in [-0.4, -0.2) is 25.7 Å². The van der Waals surface area contributed by atoms with Crippen LogP contribution in [0.25, 0.3) is 0 Å². The maximum absolute atomic E-state index is 13.5. The van der Waals surface area contributed by atoms with Gasteiger partial charge in [-0.2, -0.15) is 0 Å². The van der Waals surface area contributed by atoms with Gasteiger partial charge in [-0.3, -0.25) is 0 Å². The molecule has 0 spiro atoms. The average Bonchev–Trinajstić information content (AvgIpc) is 2.23. The summed E-state index contributed by atoms with van der Waals surface area (Å²) in [5, 5.41) is 3.21. The molecular formula is C11H14F2N2. The van der Waals surface area contributed by atoms with E-state index in [1.165, 1.54) is 12.1 Å². The van der Waals surface area contributed by atoms with Gasteiger partial charge in [0.15, 0.2) is 0 Å². The SMILES string of the molecule is C[C@H]1CNCCN1c1cc(F)ccc1F. The summed E-state index contributed by atoms with van der Waals surface area (Å²) in [6, 6.07) is 3.78. The summed E-state index contributed by atoms with van der Waals surface area (Å²) < 4.78 is 26.5. The lowest BCUT2D eigenvalue weighted by Crippen LogP contribution is -2.50. The molecule has 1 fully saturated rings. The van der Waals surface area contributed by atoms with E-state index in [2.05, 4.69) is 5.32 Å². The van der Waals surface area contributed by atoms with E-state index in [4.69, 9.17) is 0 Å². The highest BCUT2D eigenvalue weighted by Gasteiger charge is 2.21. The number of nitrogens with one attached hydrogen (secondary N) is 1. The first-order chi connectivity index (χ1) is 7.18. The van der Waals surface area contributed by atoms with Gasteiger partial charge in [0.05, 0.1) is 5.69 Å². The maximum Gasteiger partial charge on any atom is 0.146 e. The quantitative estimate of drug-likeness (QED) is 0.763. The van der Waals surface area contributed by atoms with Crippen molar-refractivity contribution >= 4 is 5.69 Å². The predicted octanol–water partition coefficient (Wildman–Crippen LogP) is 1.76. The van der Waals surface area contributed by atoms with Crippen LogP contribution < -0.4 is 10.2 Å². The minimum atomic E-state index is -0.392. The summed E-state index contributed by atoms with van der Waals surface area (Å²) in [4.78, 5) is 1.90.